The van der Waals surface area contributed by atoms with E-state index < -0.39 is 42.6 Å². The Morgan fingerprint density at radius 1 is 1.06 bits per heavy atom. The maximum Gasteiger partial charge on any atom is 0.343 e. The third kappa shape index (κ3) is 2.13. The number of methoxy groups -OCH3 is 1. The molecule has 1 rings (SSSR count). The lowest BCUT2D eigenvalue weighted by molar-refractivity contribution is -0.404. The third-order valence-electron chi connectivity index (χ3n) is 1.93. The summed E-state index contributed by atoms with van der Waals surface area (Å²) >= 11 is 5.47. The highest BCUT2D eigenvalue weighted by Gasteiger charge is 2.37. The van der Waals surface area contributed by atoms with Crippen molar-refractivity contribution in [3.8, 4) is 5.75 Å². The maximum absolute atomic E-state index is 10.7. The van der Waals surface area contributed by atoms with Gasteiger partial charge in [-0.15, -0.1) is 0 Å². The van der Waals surface area contributed by atoms with E-state index >= 15 is 0 Å². The zero-order chi connectivity index (χ0) is 14.0. The molecule has 0 radical (unpaired) electrons. The Bertz CT molecular complexity index is 558. The van der Waals surface area contributed by atoms with Crippen molar-refractivity contribution in [3.05, 3.63) is 41.4 Å². The smallest absolute Gasteiger partial charge is 0.343 e. The standard InChI is InChI=1S/C7H4ClN3O7/c1-18-7-4(10(14)15)2-3(9(12)13)5(8)6(7)11(16)17/h2H,1H3. The largest absolute Gasteiger partial charge is 0.485 e. The van der Waals surface area contributed by atoms with Crippen LogP contribution in [0.4, 0.5) is 17.1 Å². The zero-order valence-corrected chi connectivity index (χ0v) is 9.41. The summed E-state index contributed by atoms with van der Waals surface area (Å²) in [6.07, 6.45) is 0. The molecule has 18 heavy (non-hydrogen) atoms. The summed E-state index contributed by atoms with van der Waals surface area (Å²) < 4.78 is 4.52. The lowest BCUT2D eigenvalue weighted by atomic mass is 10.2. The highest BCUT2D eigenvalue weighted by Crippen LogP contribution is 2.46. The quantitative estimate of drug-likeness (QED) is 0.606. The molecule has 0 bridgehead atoms. The molecule has 0 aromatic heterocycles. The van der Waals surface area contributed by atoms with E-state index in [0.717, 1.165) is 7.11 Å². The first-order valence-corrected chi connectivity index (χ1v) is 4.52. The van der Waals surface area contributed by atoms with Crippen LogP contribution in [0.2, 0.25) is 5.02 Å². The summed E-state index contributed by atoms with van der Waals surface area (Å²) in [5.74, 6) is -0.736. The molecule has 96 valence electrons. The van der Waals surface area contributed by atoms with Crippen LogP contribution >= 0.6 is 11.6 Å². The van der Waals surface area contributed by atoms with E-state index in [2.05, 4.69) is 4.74 Å². The fourth-order valence-electron chi connectivity index (χ4n) is 1.23. The predicted octanol–water partition coefficient (Wildman–Crippen LogP) is 2.07. The maximum atomic E-state index is 10.7. The van der Waals surface area contributed by atoms with E-state index in [9.17, 15) is 30.3 Å². The average molecular weight is 278 g/mol. The van der Waals surface area contributed by atoms with Gasteiger partial charge in [0.25, 0.3) is 5.75 Å². The first-order chi connectivity index (χ1) is 8.31. The van der Waals surface area contributed by atoms with Crippen molar-refractivity contribution in [2.75, 3.05) is 7.11 Å². The number of benzene rings is 1. The Morgan fingerprint density at radius 2 is 1.56 bits per heavy atom. The molecule has 0 aliphatic heterocycles. The van der Waals surface area contributed by atoms with Gasteiger partial charge in [-0.25, -0.2) is 0 Å². The van der Waals surface area contributed by atoms with E-state index in [1.807, 2.05) is 0 Å². The molecular weight excluding hydrogens is 274 g/mol. The molecule has 1 aromatic rings. The number of hydrogen-bond acceptors (Lipinski definition) is 7. The van der Waals surface area contributed by atoms with Crippen LogP contribution in [-0.4, -0.2) is 21.9 Å². The van der Waals surface area contributed by atoms with E-state index in [1.54, 1.807) is 0 Å². The van der Waals surface area contributed by atoms with Crippen molar-refractivity contribution in [2.24, 2.45) is 0 Å². The van der Waals surface area contributed by atoms with Crippen molar-refractivity contribution in [3.63, 3.8) is 0 Å². The second-order valence-electron chi connectivity index (χ2n) is 2.88. The minimum atomic E-state index is -1.08. The molecule has 0 fully saturated rings. The van der Waals surface area contributed by atoms with Gasteiger partial charge in [0.15, 0.2) is 0 Å². The number of nitrogens with zero attached hydrogens (tertiary/aromatic N) is 3. The van der Waals surface area contributed by atoms with Gasteiger partial charge in [0.2, 0.25) is 5.02 Å². The SMILES string of the molecule is COc1c([N+](=O)[O-])cc([N+](=O)[O-])c(Cl)c1[N+](=O)[O-]. The molecule has 0 amide bonds. The van der Waals surface area contributed by atoms with Gasteiger partial charge < -0.3 is 4.74 Å². The minimum Gasteiger partial charge on any atom is -0.485 e. The van der Waals surface area contributed by atoms with Crippen molar-refractivity contribution < 1.29 is 19.5 Å². The third-order valence-corrected chi connectivity index (χ3v) is 2.31. The molecule has 0 atom stereocenters. The highest BCUT2D eigenvalue weighted by atomic mass is 35.5. The van der Waals surface area contributed by atoms with Gasteiger partial charge in [-0.1, -0.05) is 11.6 Å². The molecule has 0 heterocycles. The van der Waals surface area contributed by atoms with Crippen LogP contribution in [0, 0.1) is 30.3 Å². The Morgan fingerprint density at radius 3 is 1.89 bits per heavy atom. The number of ether oxygens (including phenoxy) is 1. The Kier molecular flexibility index (Phi) is 3.61. The van der Waals surface area contributed by atoms with Gasteiger partial charge in [0.05, 0.1) is 27.9 Å². The van der Waals surface area contributed by atoms with E-state index in [1.165, 1.54) is 0 Å². The summed E-state index contributed by atoms with van der Waals surface area (Å²) in [6.45, 7) is 0. The van der Waals surface area contributed by atoms with E-state index in [-0.39, 0.29) is 0 Å². The molecule has 10 nitrogen and oxygen atoms in total. The first-order valence-electron chi connectivity index (χ1n) is 4.14. The van der Waals surface area contributed by atoms with E-state index in [0.29, 0.717) is 6.07 Å². The van der Waals surface area contributed by atoms with Crippen molar-refractivity contribution in [1.29, 1.82) is 0 Å². The van der Waals surface area contributed by atoms with E-state index in [4.69, 9.17) is 11.6 Å². The number of rotatable bonds is 4. The lowest BCUT2D eigenvalue weighted by Crippen LogP contribution is -2.02. The number of nitro groups is 3. The Balaban J connectivity index is 3.81. The number of hydrogen-bond donors (Lipinski definition) is 0. The molecule has 0 aliphatic rings. The van der Waals surface area contributed by atoms with Gasteiger partial charge in [-0.05, 0) is 0 Å². The van der Waals surface area contributed by atoms with Crippen LogP contribution in [0.5, 0.6) is 5.75 Å². The van der Waals surface area contributed by atoms with Crippen LogP contribution < -0.4 is 4.74 Å². The molecule has 11 heteroatoms. The average Bonchev–Trinajstić information content (AvgIpc) is 2.26. The fourth-order valence-corrected chi connectivity index (χ4v) is 1.51. The van der Waals surface area contributed by atoms with Gasteiger partial charge in [-0.2, -0.15) is 0 Å². The van der Waals surface area contributed by atoms with Crippen molar-refractivity contribution >= 4 is 28.7 Å². The summed E-state index contributed by atoms with van der Waals surface area (Å²) in [5.41, 5.74) is -2.85. The summed E-state index contributed by atoms with van der Waals surface area (Å²) in [4.78, 5) is 28.9. The molecule has 0 N–H and O–H groups in total. The first kappa shape index (κ1) is 13.6. The molecule has 0 saturated carbocycles. The van der Waals surface area contributed by atoms with Crippen LogP contribution in [0.1, 0.15) is 0 Å². The second-order valence-corrected chi connectivity index (χ2v) is 3.26. The van der Waals surface area contributed by atoms with Crippen molar-refractivity contribution in [2.45, 2.75) is 0 Å². The predicted molar refractivity (Wildman–Crippen MR) is 58.0 cm³/mol. The fraction of sp³-hybridized carbons (Fsp3) is 0.143. The zero-order valence-electron chi connectivity index (χ0n) is 8.65. The van der Waals surface area contributed by atoms with Crippen LogP contribution in [-0.2, 0) is 0 Å². The summed E-state index contributed by atoms with van der Waals surface area (Å²) in [6, 6.07) is 0.508. The van der Waals surface area contributed by atoms with Gasteiger partial charge in [0, 0.05) is 0 Å². The molecule has 0 unspecified atom stereocenters. The van der Waals surface area contributed by atoms with Gasteiger partial charge >= 0.3 is 17.1 Å². The molecule has 1 aromatic carbocycles. The molecule has 0 spiro atoms. The lowest BCUT2D eigenvalue weighted by Gasteiger charge is -2.04. The Labute approximate surface area is 103 Å². The Hall–Kier alpha value is -2.49. The van der Waals surface area contributed by atoms with Crippen LogP contribution in [0.25, 0.3) is 0 Å². The normalized spacial score (nSPS) is 9.89. The second kappa shape index (κ2) is 4.79. The number of halogens is 1. The van der Waals surface area contributed by atoms with Gasteiger partial charge in [0.1, 0.15) is 0 Å². The van der Waals surface area contributed by atoms with Gasteiger partial charge in [-0.3, -0.25) is 30.3 Å². The monoisotopic (exact) mass is 277 g/mol. The molecular formula is C7H4ClN3O7. The van der Waals surface area contributed by atoms with Crippen LogP contribution in [0.15, 0.2) is 6.07 Å². The minimum absolute atomic E-state index is 0.508. The van der Waals surface area contributed by atoms with Crippen molar-refractivity contribution in [1.82, 2.24) is 0 Å². The topological polar surface area (TPSA) is 139 Å². The van der Waals surface area contributed by atoms with Crippen LogP contribution in [0.3, 0.4) is 0 Å². The molecule has 0 aliphatic carbocycles. The summed E-state index contributed by atoms with van der Waals surface area (Å²) in [7, 11) is 0.956. The number of nitro benzene ring substituents is 3. The molecule has 0 saturated heterocycles. The highest BCUT2D eigenvalue weighted by molar-refractivity contribution is 6.35. The summed E-state index contributed by atoms with van der Waals surface area (Å²) in [5, 5.41) is 31.2.